The van der Waals surface area contributed by atoms with Gasteiger partial charge in [-0.25, -0.2) is 0 Å². The van der Waals surface area contributed by atoms with Crippen LogP contribution >= 0.6 is 0 Å². The molecule has 0 saturated carbocycles. The Hall–Kier alpha value is -2.82. The molecule has 0 unspecified atom stereocenters. The summed E-state index contributed by atoms with van der Waals surface area (Å²) in [6, 6.07) is 13.9. The fourth-order valence-electron chi connectivity index (χ4n) is 3.61. The number of fused-ring (bicyclic) bond motifs is 1. The van der Waals surface area contributed by atoms with Crippen molar-refractivity contribution in [1.29, 1.82) is 0 Å². The molecule has 2 N–H and O–H groups in total. The van der Waals surface area contributed by atoms with Gasteiger partial charge < -0.3 is 15.5 Å². The number of carbonyl (C=O) groups excluding carboxylic acids is 2. The number of hydrogen-bond acceptors (Lipinski definition) is 3. The van der Waals surface area contributed by atoms with Crippen molar-refractivity contribution in [2.45, 2.75) is 32.2 Å². The molecule has 0 bridgehead atoms. The van der Waals surface area contributed by atoms with Crippen LogP contribution in [-0.2, 0) is 17.8 Å². The van der Waals surface area contributed by atoms with Gasteiger partial charge in [-0.05, 0) is 60.7 Å². The Morgan fingerprint density at radius 1 is 1.04 bits per heavy atom. The van der Waals surface area contributed by atoms with Crippen molar-refractivity contribution in [2.75, 3.05) is 23.3 Å². The first-order chi connectivity index (χ1) is 12.7. The number of aryl methyl sites for hydroxylation is 1. The van der Waals surface area contributed by atoms with Gasteiger partial charge in [0.05, 0.1) is 0 Å². The quantitative estimate of drug-likeness (QED) is 0.892. The van der Waals surface area contributed by atoms with Crippen molar-refractivity contribution in [3.8, 4) is 0 Å². The summed E-state index contributed by atoms with van der Waals surface area (Å²) < 4.78 is 0. The van der Waals surface area contributed by atoms with E-state index in [2.05, 4.69) is 39.8 Å². The predicted molar refractivity (Wildman–Crippen MR) is 102 cm³/mol. The standard InChI is InChI=1S/C21H23N3O2/c25-20-10-6-16-13-17(5-9-19(16)23-20)21(26)22-14-15-3-7-18(8-4-15)24-11-1-2-12-24/h3-5,7-9,13H,1-2,6,10-12,14H2,(H,22,26)(H,23,25). The first kappa shape index (κ1) is 16.6. The Morgan fingerprint density at radius 3 is 2.58 bits per heavy atom. The van der Waals surface area contributed by atoms with Crippen LogP contribution in [0.25, 0.3) is 0 Å². The highest BCUT2D eigenvalue weighted by molar-refractivity contribution is 5.97. The van der Waals surface area contributed by atoms with E-state index in [4.69, 9.17) is 0 Å². The van der Waals surface area contributed by atoms with Crippen LogP contribution in [0.5, 0.6) is 0 Å². The molecular weight excluding hydrogens is 326 g/mol. The molecule has 5 nitrogen and oxygen atoms in total. The van der Waals surface area contributed by atoms with Crippen molar-refractivity contribution in [2.24, 2.45) is 0 Å². The van der Waals surface area contributed by atoms with Crippen molar-refractivity contribution in [1.82, 2.24) is 5.32 Å². The van der Waals surface area contributed by atoms with E-state index < -0.39 is 0 Å². The van der Waals surface area contributed by atoms with Gasteiger partial charge in [0.1, 0.15) is 0 Å². The minimum absolute atomic E-state index is 0.0343. The number of nitrogens with one attached hydrogen (secondary N) is 2. The lowest BCUT2D eigenvalue weighted by Gasteiger charge is -2.18. The Morgan fingerprint density at radius 2 is 1.81 bits per heavy atom. The largest absolute Gasteiger partial charge is 0.372 e. The number of hydrogen-bond donors (Lipinski definition) is 2. The molecule has 0 radical (unpaired) electrons. The lowest BCUT2D eigenvalue weighted by molar-refractivity contribution is -0.116. The first-order valence-corrected chi connectivity index (χ1v) is 9.24. The average Bonchev–Trinajstić information content (AvgIpc) is 3.21. The van der Waals surface area contributed by atoms with Crippen molar-refractivity contribution >= 4 is 23.2 Å². The van der Waals surface area contributed by atoms with E-state index in [0.717, 1.165) is 29.9 Å². The third-order valence-corrected chi connectivity index (χ3v) is 5.12. The number of amides is 2. The molecule has 2 heterocycles. The Kier molecular flexibility index (Phi) is 4.61. The summed E-state index contributed by atoms with van der Waals surface area (Å²) in [5.74, 6) is -0.0552. The smallest absolute Gasteiger partial charge is 0.251 e. The zero-order valence-electron chi connectivity index (χ0n) is 14.8. The normalized spacial score (nSPS) is 16.2. The highest BCUT2D eigenvalue weighted by Crippen LogP contribution is 2.24. The number of nitrogens with zero attached hydrogens (tertiary/aromatic N) is 1. The fourth-order valence-corrected chi connectivity index (χ4v) is 3.61. The zero-order valence-corrected chi connectivity index (χ0v) is 14.8. The monoisotopic (exact) mass is 349 g/mol. The predicted octanol–water partition coefficient (Wildman–Crippen LogP) is 3.10. The molecule has 0 aliphatic carbocycles. The van der Waals surface area contributed by atoms with Crippen LogP contribution in [0.15, 0.2) is 42.5 Å². The van der Waals surface area contributed by atoms with Crippen LogP contribution < -0.4 is 15.5 Å². The number of rotatable bonds is 4. The maximum atomic E-state index is 12.4. The van der Waals surface area contributed by atoms with E-state index in [-0.39, 0.29) is 11.8 Å². The average molecular weight is 349 g/mol. The van der Waals surface area contributed by atoms with Crippen LogP contribution in [0, 0.1) is 0 Å². The van der Waals surface area contributed by atoms with Crippen molar-refractivity contribution in [3.05, 3.63) is 59.2 Å². The summed E-state index contributed by atoms with van der Waals surface area (Å²) in [6.45, 7) is 2.77. The molecule has 0 aromatic heterocycles. The SMILES string of the molecule is O=C1CCc2cc(C(=O)NCc3ccc(N4CCCC4)cc3)ccc2N1. The molecule has 2 aromatic carbocycles. The van der Waals surface area contributed by atoms with Gasteiger partial charge in [-0.15, -0.1) is 0 Å². The van der Waals surface area contributed by atoms with Crippen LogP contribution in [0.2, 0.25) is 0 Å². The lowest BCUT2D eigenvalue weighted by atomic mass is 10.00. The molecule has 2 aliphatic heterocycles. The van der Waals surface area contributed by atoms with Gasteiger partial charge in [0, 0.05) is 43.0 Å². The minimum atomic E-state index is -0.0895. The summed E-state index contributed by atoms with van der Waals surface area (Å²) in [4.78, 5) is 26.3. The van der Waals surface area contributed by atoms with Crippen LogP contribution in [-0.4, -0.2) is 24.9 Å². The summed E-state index contributed by atoms with van der Waals surface area (Å²) in [5.41, 5.74) is 4.82. The number of anilines is 2. The van der Waals surface area contributed by atoms with Gasteiger partial charge in [0.2, 0.25) is 5.91 Å². The van der Waals surface area contributed by atoms with E-state index in [9.17, 15) is 9.59 Å². The van der Waals surface area contributed by atoms with Gasteiger partial charge in [0.25, 0.3) is 5.91 Å². The van der Waals surface area contributed by atoms with Gasteiger partial charge >= 0.3 is 0 Å². The Labute approximate surface area is 153 Å². The van der Waals surface area contributed by atoms with E-state index in [1.165, 1.54) is 18.5 Å². The summed E-state index contributed by atoms with van der Waals surface area (Å²) in [5, 5.41) is 5.82. The Bertz CT molecular complexity index is 824. The summed E-state index contributed by atoms with van der Waals surface area (Å²) >= 11 is 0. The molecule has 0 spiro atoms. The second kappa shape index (κ2) is 7.20. The van der Waals surface area contributed by atoms with Gasteiger partial charge in [-0.2, -0.15) is 0 Å². The molecule has 1 fully saturated rings. The number of carbonyl (C=O) groups is 2. The second-order valence-corrected chi connectivity index (χ2v) is 6.96. The van der Waals surface area contributed by atoms with E-state index in [1.54, 1.807) is 6.07 Å². The Balaban J connectivity index is 1.37. The molecule has 2 aliphatic rings. The molecule has 134 valence electrons. The van der Waals surface area contributed by atoms with Crippen molar-refractivity contribution < 1.29 is 9.59 Å². The van der Waals surface area contributed by atoms with Crippen LogP contribution in [0.4, 0.5) is 11.4 Å². The lowest BCUT2D eigenvalue weighted by Crippen LogP contribution is -2.24. The first-order valence-electron chi connectivity index (χ1n) is 9.24. The zero-order chi connectivity index (χ0) is 17.9. The highest BCUT2D eigenvalue weighted by atomic mass is 16.2. The molecule has 5 heteroatoms. The number of benzene rings is 2. The third kappa shape index (κ3) is 3.57. The molecule has 0 atom stereocenters. The fraction of sp³-hybridized carbons (Fsp3) is 0.333. The second-order valence-electron chi connectivity index (χ2n) is 6.96. The van der Waals surface area contributed by atoms with E-state index in [1.807, 2.05) is 12.1 Å². The molecule has 2 amide bonds. The van der Waals surface area contributed by atoms with Gasteiger partial charge in [-0.1, -0.05) is 12.1 Å². The van der Waals surface area contributed by atoms with Gasteiger partial charge in [-0.3, -0.25) is 9.59 Å². The van der Waals surface area contributed by atoms with Crippen LogP contribution in [0.1, 0.15) is 40.7 Å². The molecule has 1 saturated heterocycles. The maximum absolute atomic E-state index is 12.4. The minimum Gasteiger partial charge on any atom is -0.372 e. The topological polar surface area (TPSA) is 61.4 Å². The van der Waals surface area contributed by atoms with Crippen molar-refractivity contribution in [3.63, 3.8) is 0 Å². The maximum Gasteiger partial charge on any atom is 0.251 e. The molecular formula is C21H23N3O2. The highest BCUT2D eigenvalue weighted by Gasteiger charge is 2.17. The third-order valence-electron chi connectivity index (χ3n) is 5.12. The molecule has 4 rings (SSSR count). The van der Waals surface area contributed by atoms with Crippen LogP contribution in [0.3, 0.4) is 0 Å². The van der Waals surface area contributed by atoms with E-state index in [0.29, 0.717) is 24.9 Å². The summed E-state index contributed by atoms with van der Waals surface area (Å²) in [6.07, 6.45) is 3.69. The summed E-state index contributed by atoms with van der Waals surface area (Å²) in [7, 11) is 0. The van der Waals surface area contributed by atoms with E-state index >= 15 is 0 Å². The molecule has 26 heavy (non-hydrogen) atoms. The molecule has 2 aromatic rings. The van der Waals surface area contributed by atoms with Gasteiger partial charge in [0.15, 0.2) is 0 Å².